The van der Waals surface area contributed by atoms with Crippen molar-refractivity contribution in [2.75, 3.05) is 32.8 Å². The van der Waals surface area contributed by atoms with Crippen molar-refractivity contribution < 1.29 is 32.2 Å². The molecule has 0 unspecified atom stereocenters. The smallest absolute Gasteiger partial charge is 0.387 e. The number of amides is 1. The molecule has 3 aromatic rings. The van der Waals surface area contributed by atoms with E-state index in [0.717, 1.165) is 36.3 Å². The van der Waals surface area contributed by atoms with Gasteiger partial charge in [-0.3, -0.25) is 14.5 Å². The second-order valence-corrected chi connectivity index (χ2v) is 10.4. The number of alkyl halides is 2. The van der Waals surface area contributed by atoms with Crippen molar-refractivity contribution in [2.24, 2.45) is 7.05 Å². The Balaban J connectivity index is 1.61. The molecule has 2 aliphatic heterocycles. The van der Waals surface area contributed by atoms with Crippen molar-refractivity contribution >= 4 is 22.8 Å². The number of fused-ring (bicyclic) bond motifs is 1. The number of aromatic nitrogens is 1. The molecule has 5 rings (SSSR count). The Morgan fingerprint density at radius 3 is 2.45 bits per heavy atom. The number of nitrogens with zero attached hydrogens (tertiary/aromatic N) is 3. The number of carbonyl (C=O) groups excluding carboxylic acids is 2. The summed E-state index contributed by atoms with van der Waals surface area (Å²) in [6, 6.07) is 11.1. The van der Waals surface area contributed by atoms with E-state index in [1.807, 2.05) is 24.3 Å². The molecule has 1 aromatic heterocycles. The lowest BCUT2D eigenvalue weighted by Gasteiger charge is -2.40. The summed E-state index contributed by atoms with van der Waals surface area (Å²) in [5.74, 6) is -2.25. The standard InChI is InChI=1S/C29H29ClF3N3O4/c1-17-21(27(30)37)13-25(34(17)2)22-12-24(31)26(40-29(32)33)14-23(22)28(38)36-15-19-6-4-3-5-18(19)11-20(36)16-35-7-9-39-10-8-35/h3-6,12-14,20,29H,7-11,15-16H2,1-2H3/t20-/m0/s1. The van der Waals surface area contributed by atoms with Crippen molar-refractivity contribution in [3.8, 4) is 17.0 Å². The second kappa shape index (κ2) is 11.6. The van der Waals surface area contributed by atoms with Gasteiger partial charge in [0.25, 0.3) is 11.1 Å². The SMILES string of the molecule is Cc1c(C(=O)Cl)cc(-c2cc(F)c(OC(F)F)cc2C(=O)N2Cc3ccccc3C[C@H]2CN2CCOCC2)n1C. The van der Waals surface area contributed by atoms with Crippen LogP contribution in [0.2, 0.25) is 0 Å². The van der Waals surface area contributed by atoms with Crippen LogP contribution in [0.3, 0.4) is 0 Å². The van der Waals surface area contributed by atoms with Crippen molar-refractivity contribution in [3.05, 3.63) is 76.2 Å². The molecule has 2 aromatic carbocycles. The number of halogens is 4. The Bertz CT molecular complexity index is 1440. The van der Waals surface area contributed by atoms with Crippen molar-refractivity contribution in [3.63, 3.8) is 0 Å². The molecule has 1 saturated heterocycles. The highest BCUT2D eigenvalue weighted by atomic mass is 35.5. The van der Waals surface area contributed by atoms with Gasteiger partial charge in [0.1, 0.15) is 0 Å². The maximum absolute atomic E-state index is 15.1. The monoisotopic (exact) mass is 575 g/mol. The molecule has 1 fully saturated rings. The number of hydrogen-bond acceptors (Lipinski definition) is 5. The molecule has 0 saturated carbocycles. The number of morpholine rings is 1. The molecule has 7 nitrogen and oxygen atoms in total. The van der Waals surface area contributed by atoms with Gasteiger partial charge in [0, 0.05) is 56.2 Å². The van der Waals surface area contributed by atoms with E-state index in [4.69, 9.17) is 16.3 Å². The summed E-state index contributed by atoms with van der Waals surface area (Å²) in [5.41, 5.74) is 3.29. The van der Waals surface area contributed by atoms with E-state index < -0.39 is 29.3 Å². The molecule has 1 atom stereocenters. The van der Waals surface area contributed by atoms with Crippen molar-refractivity contribution in [1.29, 1.82) is 0 Å². The van der Waals surface area contributed by atoms with Gasteiger partial charge in [-0.05, 0) is 54.3 Å². The van der Waals surface area contributed by atoms with E-state index in [1.54, 1.807) is 23.4 Å². The largest absolute Gasteiger partial charge is 0.432 e. The van der Waals surface area contributed by atoms with E-state index in [2.05, 4.69) is 9.64 Å². The Labute approximate surface area is 235 Å². The molecule has 11 heteroatoms. The number of carbonyl (C=O) groups is 2. The lowest BCUT2D eigenvalue weighted by Crippen LogP contribution is -2.52. The summed E-state index contributed by atoms with van der Waals surface area (Å²) in [6.07, 6.45) is 0.602. The zero-order valence-electron chi connectivity index (χ0n) is 22.1. The molecule has 2 aliphatic rings. The van der Waals surface area contributed by atoms with Crippen LogP contribution in [0.25, 0.3) is 11.3 Å². The maximum Gasteiger partial charge on any atom is 0.387 e. The normalized spacial score (nSPS) is 17.7. The van der Waals surface area contributed by atoms with E-state index in [1.165, 1.54) is 6.07 Å². The van der Waals surface area contributed by atoms with Crippen LogP contribution in [0.1, 0.15) is 37.5 Å². The molecule has 1 amide bonds. The van der Waals surface area contributed by atoms with Crippen molar-refractivity contribution in [2.45, 2.75) is 32.5 Å². The molecule has 212 valence electrons. The summed E-state index contributed by atoms with van der Waals surface area (Å²) in [5, 5.41) is -0.705. The third-order valence-corrected chi connectivity index (χ3v) is 7.93. The molecule has 0 bridgehead atoms. The Morgan fingerprint density at radius 1 is 1.10 bits per heavy atom. The zero-order valence-corrected chi connectivity index (χ0v) is 22.9. The molecule has 0 N–H and O–H groups in total. The average molecular weight is 576 g/mol. The Kier molecular flexibility index (Phi) is 8.21. The van der Waals surface area contributed by atoms with Crippen LogP contribution in [0, 0.1) is 12.7 Å². The summed E-state index contributed by atoms with van der Waals surface area (Å²) in [4.78, 5) is 30.3. The van der Waals surface area contributed by atoms with Crippen LogP contribution in [0.4, 0.5) is 13.2 Å². The van der Waals surface area contributed by atoms with Gasteiger partial charge in [0.2, 0.25) is 0 Å². The van der Waals surface area contributed by atoms with Crippen LogP contribution in [0.5, 0.6) is 5.75 Å². The topological polar surface area (TPSA) is 64.0 Å². The fourth-order valence-corrected chi connectivity index (χ4v) is 5.70. The predicted molar refractivity (Wildman–Crippen MR) is 143 cm³/mol. The minimum Gasteiger partial charge on any atom is -0.432 e. The number of benzene rings is 2. The number of rotatable bonds is 7. The van der Waals surface area contributed by atoms with Gasteiger partial charge in [-0.1, -0.05) is 24.3 Å². The molecular weight excluding hydrogens is 547 g/mol. The quantitative estimate of drug-likeness (QED) is 0.370. The molecule has 0 radical (unpaired) electrons. The summed E-state index contributed by atoms with van der Waals surface area (Å²) in [7, 11) is 1.65. The molecule has 3 heterocycles. The first-order valence-electron chi connectivity index (χ1n) is 13.0. The first kappa shape index (κ1) is 28.2. The fraction of sp³-hybridized carbons (Fsp3) is 0.379. The summed E-state index contributed by atoms with van der Waals surface area (Å²) < 4.78 is 52.9. The van der Waals surface area contributed by atoms with Crippen LogP contribution in [0.15, 0.2) is 42.5 Å². The second-order valence-electron chi connectivity index (χ2n) is 10.0. The van der Waals surface area contributed by atoms with Gasteiger partial charge in [-0.2, -0.15) is 8.78 Å². The lowest BCUT2D eigenvalue weighted by atomic mass is 9.92. The third kappa shape index (κ3) is 5.61. The third-order valence-electron chi connectivity index (χ3n) is 7.73. The van der Waals surface area contributed by atoms with Crippen LogP contribution < -0.4 is 4.74 Å². The van der Waals surface area contributed by atoms with Crippen LogP contribution in [-0.2, 0) is 24.8 Å². The van der Waals surface area contributed by atoms with Crippen LogP contribution in [-0.4, -0.2) is 71.0 Å². The summed E-state index contributed by atoms with van der Waals surface area (Å²) >= 11 is 5.76. The number of ether oxygens (including phenoxy) is 2. The van der Waals surface area contributed by atoms with Gasteiger partial charge in [-0.25, -0.2) is 4.39 Å². The van der Waals surface area contributed by atoms with E-state index in [0.29, 0.717) is 44.1 Å². The molecule has 0 aliphatic carbocycles. The van der Waals surface area contributed by atoms with Gasteiger partial charge in [0.05, 0.1) is 24.3 Å². The predicted octanol–water partition coefficient (Wildman–Crippen LogP) is 5.02. The Hall–Kier alpha value is -3.34. The van der Waals surface area contributed by atoms with Gasteiger partial charge >= 0.3 is 6.61 Å². The molecule has 0 spiro atoms. The van der Waals surface area contributed by atoms with E-state index in [9.17, 15) is 18.4 Å². The molecule has 40 heavy (non-hydrogen) atoms. The zero-order chi connectivity index (χ0) is 28.6. The average Bonchev–Trinajstić information content (AvgIpc) is 3.23. The van der Waals surface area contributed by atoms with E-state index >= 15 is 4.39 Å². The minimum absolute atomic E-state index is 0.0161. The molecular formula is C29H29ClF3N3O4. The highest BCUT2D eigenvalue weighted by molar-refractivity contribution is 6.68. The summed E-state index contributed by atoms with van der Waals surface area (Å²) in [6.45, 7) is 1.93. The van der Waals surface area contributed by atoms with Crippen molar-refractivity contribution in [1.82, 2.24) is 14.4 Å². The van der Waals surface area contributed by atoms with Crippen LogP contribution >= 0.6 is 11.6 Å². The lowest BCUT2D eigenvalue weighted by molar-refractivity contribution is -0.0522. The highest BCUT2D eigenvalue weighted by Crippen LogP contribution is 2.36. The fourth-order valence-electron chi connectivity index (χ4n) is 5.51. The van der Waals surface area contributed by atoms with Gasteiger partial charge < -0.3 is 18.9 Å². The minimum atomic E-state index is -3.28. The first-order chi connectivity index (χ1) is 19.1. The van der Waals surface area contributed by atoms with Gasteiger partial charge in [-0.15, -0.1) is 0 Å². The maximum atomic E-state index is 15.1. The van der Waals surface area contributed by atoms with Gasteiger partial charge in [0.15, 0.2) is 11.6 Å². The Morgan fingerprint density at radius 2 is 1.80 bits per heavy atom. The number of hydrogen-bond donors (Lipinski definition) is 0. The highest BCUT2D eigenvalue weighted by Gasteiger charge is 2.34. The first-order valence-corrected chi connectivity index (χ1v) is 13.3. The van der Waals surface area contributed by atoms with E-state index in [-0.39, 0.29) is 22.7 Å².